The number of aromatic carboxylic acids is 1. The Morgan fingerprint density at radius 3 is 2.75 bits per heavy atom. The number of pyridine rings is 2. The summed E-state index contributed by atoms with van der Waals surface area (Å²) in [6.07, 6.45) is 2.63. The van der Waals surface area contributed by atoms with Crippen LogP contribution in [0.4, 0.5) is 5.69 Å². The van der Waals surface area contributed by atoms with Crippen molar-refractivity contribution in [2.24, 2.45) is 0 Å². The van der Waals surface area contributed by atoms with Crippen molar-refractivity contribution in [1.29, 1.82) is 0 Å². The molecule has 0 unspecified atom stereocenters. The van der Waals surface area contributed by atoms with Crippen molar-refractivity contribution in [3.8, 4) is 11.6 Å². The number of nitrogens with zero attached hydrogens (tertiary/aromatic N) is 3. The summed E-state index contributed by atoms with van der Waals surface area (Å²) in [4.78, 5) is 28.8. The number of aryl methyl sites for hydroxylation is 1. The van der Waals surface area contributed by atoms with Crippen LogP contribution in [-0.4, -0.2) is 26.0 Å². The van der Waals surface area contributed by atoms with Crippen LogP contribution < -0.4 is 4.74 Å². The standard InChI is InChI=1S/C12H9N3O5/c1-7-4-6-14-11(10(7)15(18)19)20-8-3-2-5-13-9(8)12(16)17/h2-6H,1H3,(H,16,17). The Kier molecular flexibility index (Phi) is 3.56. The summed E-state index contributed by atoms with van der Waals surface area (Å²) in [5, 5.41) is 20.0. The van der Waals surface area contributed by atoms with Crippen molar-refractivity contribution in [1.82, 2.24) is 9.97 Å². The zero-order chi connectivity index (χ0) is 14.7. The minimum Gasteiger partial charge on any atom is -0.476 e. The number of carbonyl (C=O) groups is 1. The first-order valence-electron chi connectivity index (χ1n) is 5.47. The monoisotopic (exact) mass is 275 g/mol. The van der Waals surface area contributed by atoms with Gasteiger partial charge < -0.3 is 9.84 Å². The lowest BCUT2D eigenvalue weighted by Crippen LogP contribution is -2.04. The second-order valence-corrected chi connectivity index (χ2v) is 3.80. The van der Waals surface area contributed by atoms with E-state index in [0.29, 0.717) is 5.56 Å². The number of hydrogen-bond donors (Lipinski definition) is 1. The topological polar surface area (TPSA) is 115 Å². The molecule has 0 amide bonds. The van der Waals surface area contributed by atoms with Crippen molar-refractivity contribution >= 4 is 11.7 Å². The lowest BCUT2D eigenvalue weighted by molar-refractivity contribution is -0.386. The van der Waals surface area contributed by atoms with Crippen molar-refractivity contribution in [2.75, 3.05) is 0 Å². The van der Waals surface area contributed by atoms with Gasteiger partial charge >= 0.3 is 11.7 Å². The fourth-order valence-corrected chi connectivity index (χ4v) is 1.56. The molecule has 0 bridgehead atoms. The van der Waals surface area contributed by atoms with E-state index in [4.69, 9.17) is 9.84 Å². The molecule has 2 rings (SSSR count). The molecule has 0 saturated heterocycles. The largest absolute Gasteiger partial charge is 0.476 e. The van der Waals surface area contributed by atoms with E-state index < -0.39 is 10.9 Å². The molecule has 102 valence electrons. The first-order chi connectivity index (χ1) is 9.50. The molecule has 8 nitrogen and oxygen atoms in total. The van der Waals surface area contributed by atoms with Gasteiger partial charge in [0.05, 0.1) is 4.92 Å². The molecule has 0 aliphatic carbocycles. The zero-order valence-corrected chi connectivity index (χ0v) is 10.3. The molecule has 0 aliphatic rings. The van der Waals surface area contributed by atoms with Gasteiger partial charge in [0.2, 0.25) is 0 Å². The predicted molar refractivity (Wildman–Crippen MR) is 66.9 cm³/mol. The molecule has 2 aromatic rings. The van der Waals surface area contributed by atoms with Gasteiger partial charge in [0.25, 0.3) is 5.88 Å². The van der Waals surface area contributed by atoms with Crippen molar-refractivity contribution < 1.29 is 19.6 Å². The second-order valence-electron chi connectivity index (χ2n) is 3.80. The first-order valence-corrected chi connectivity index (χ1v) is 5.47. The highest BCUT2D eigenvalue weighted by molar-refractivity contribution is 5.88. The maximum absolute atomic E-state index is 11.0. The SMILES string of the molecule is Cc1ccnc(Oc2cccnc2C(=O)O)c1[N+](=O)[O-]. The average molecular weight is 275 g/mol. The van der Waals surface area contributed by atoms with E-state index in [2.05, 4.69) is 9.97 Å². The van der Waals surface area contributed by atoms with Crippen molar-refractivity contribution in [3.63, 3.8) is 0 Å². The average Bonchev–Trinajstić information content (AvgIpc) is 2.38. The van der Waals surface area contributed by atoms with Crippen LogP contribution in [0.3, 0.4) is 0 Å². The normalized spacial score (nSPS) is 10.1. The third-order valence-corrected chi connectivity index (χ3v) is 2.45. The highest BCUT2D eigenvalue weighted by atomic mass is 16.6. The molecule has 0 fully saturated rings. The van der Waals surface area contributed by atoms with Crippen LogP contribution in [-0.2, 0) is 0 Å². The van der Waals surface area contributed by atoms with Gasteiger partial charge in [0.15, 0.2) is 11.4 Å². The number of ether oxygens (including phenoxy) is 1. The number of nitro groups is 1. The Hall–Kier alpha value is -3.03. The van der Waals surface area contributed by atoms with E-state index in [1.54, 1.807) is 0 Å². The molecule has 0 spiro atoms. The van der Waals surface area contributed by atoms with Crippen molar-refractivity contribution in [2.45, 2.75) is 6.92 Å². The molecular weight excluding hydrogens is 266 g/mol. The molecular formula is C12H9N3O5. The van der Waals surface area contributed by atoms with Crippen LogP contribution >= 0.6 is 0 Å². The number of hydrogen-bond acceptors (Lipinski definition) is 6. The van der Waals surface area contributed by atoms with Crippen LogP contribution in [0.2, 0.25) is 0 Å². The fraction of sp³-hybridized carbons (Fsp3) is 0.0833. The van der Waals surface area contributed by atoms with E-state index in [1.165, 1.54) is 37.5 Å². The summed E-state index contributed by atoms with van der Waals surface area (Å²) >= 11 is 0. The molecule has 2 heterocycles. The smallest absolute Gasteiger partial charge is 0.358 e. The molecule has 8 heteroatoms. The van der Waals surface area contributed by atoms with Gasteiger partial charge in [-0.05, 0) is 25.1 Å². The Labute approximate surface area is 112 Å². The van der Waals surface area contributed by atoms with E-state index in [-0.39, 0.29) is 23.0 Å². The molecule has 0 radical (unpaired) electrons. The minimum atomic E-state index is -1.30. The first kappa shape index (κ1) is 13.4. The minimum absolute atomic E-state index is 0.110. The zero-order valence-electron chi connectivity index (χ0n) is 10.3. The van der Waals surface area contributed by atoms with Crippen molar-refractivity contribution in [3.05, 3.63) is 52.0 Å². The number of rotatable bonds is 4. The molecule has 20 heavy (non-hydrogen) atoms. The van der Waals surface area contributed by atoms with E-state index >= 15 is 0 Å². The summed E-state index contributed by atoms with van der Waals surface area (Å²) in [7, 11) is 0. The maximum Gasteiger partial charge on any atom is 0.358 e. The van der Waals surface area contributed by atoms with E-state index in [0.717, 1.165) is 0 Å². The quantitative estimate of drug-likeness (QED) is 0.671. The molecule has 2 aromatic heterocycles. The Bertz CT molecular complexity index is 687. The van der Waals surface area contributed by atoms with Gasteiger partial charge in [0, 0.05) is 18.0 Å². The molecule has 0 atom stereocenters. The van der Waals surface area contributed by atoms with Gasteiger partial charge in [-0.2, -0.15) is 0 Å². The Morgan fingerprint density at radius 1 is 1.35 bits per heavy atom. The molecule has 1 N–H and O–H groups in total. The van der Waals surface area contributed by atoms with Crippen LogP contribution in [0, 0.1) is 17.0 Å². The number of aromatic nitrogens is 2. The summed E-state index contributed by atoms with van der Waals surface area (Å²) < 4.78 is 5.25. The summed E-state index contributed by atoms with van der Waals surface area (Å²) in [5.41, 5.74) is -0.293. The second kappa shape index (κ2) is 5.31. The summed E-state index contributed by atoms with van der Waals surface area (Å²) in [6.45, 7) is 1.54. The van der Waals surface area contributed by atoms with Gasteiger partial charge in [-0.15, -0.1) is 0 Å². The predicted octanol–water partition coefficient (Wildman–Crippen LogP) is 2.18. The maximum atomic E-state index is 11.0. The summed E-state index contributed by atoms with van der Waals surface area (Å²) in [6, 6.07) is 4.28. The van der Waals surface area contributed by atoms with Gasteiger partial charge in [-0.25, -0.2) is 14.8 Å². The summed E-state index contributed by atoms with van der Waals surface area (Å²) in [5.74, 6) is -1.68. The third-order valence-electron chi connectivity index (χ3n) is 2.45. The Balaban J connectivity index is 2.49. The fourth-order valence-electron chi connectivity index (χ4n) is 1.56. The highest BCUT2D eigenvalue weighted by Gasteiger charge is 2.23. The van der Waals surface area contributed by atoms with Crippen LogP contribution in [0.15, 0.2) is 30.6 Å². The van der Waals surface area contributed by atoms with Gasteiger partial charge in [0.1, 0.15) is 0 Å². The third kappa shape index (κ3) is 2.53. The lowest BCUT2D eigenvalue weighted by atomic mass is 10.2. The van der Waals surface area contributed by atoms with Crippen LogP contribution in [0.25, 0.3) is 0 Å². The van der Waals surface area contributed by atoms with Crippen LogP contribution in [0.5, 0.6) is 11.6 Å². The number of carboxylic acids is 1. The Morgan fingerprint density at radius 2 is 2.10 bits per heavy atom. The molecule has 0 aliphatic heterocycles. The molecule has 0 aromatic carbocycles. The van der Waals surface area contributed by atoms with E-state index in [9.17, 15) is 14.9 Å². The molecule has 0 saturated carbocycles. The van der Waals surface area contributed by atoms with Gasteiger partial charge in [-0.3, -0.25) is 10.1 Å². The lowest BCUT2D eigenvalue weighted by Gasteiger charge is -2.07. The van der Waals surface area contributed by atoms with Crippen LogP contribution in [0.1, 0.15) is 16.1 Å². The highest BCUT2D eigenvalue weighted by Crippen LogP contribution is 2.32. The van der Waals surface area contributed by atoms with E-state index in [1.807, 2.05) is 0 Å². The van der Waals surface area contributed by atoms with Gasteiger partial charge in [-0.1, -0.05) is 0 Å². The number of carboxylic acid groups (broad SMARTS) is 1.